The van der Waals surface area contributed by atoms with Crippen molar-refractivity contribution in [3.63, 3.8) is 0 Å². The van der Waals surface area contributed by atoms with Crippen LogP contribution in [0.25, 0.3) is 0 Å². The van der Waals surface area contributed by atoms with E-state index in [1.54, 1.807) is 0 Å². The van der Waals surface area contributed by atoms with E-state index in [9.17, 15) is 4.79 Å². The molecule has 0 bridgehead atoms. The van der Waals surface area contributed by atoms with Gasteiger partial charge in [-0.3, -0.25) is 0 Å². The van der Waals surface area contributed by atoms with Gasteiger partial charge in [-0.1, -0.05) is 88.6 Å². The van der Waals surface area contributed by atoms with E-state index in [0.29, 0.717) is 0 Å². The first-order valence-corrected chi connectivity index (χ1v) is 7.88. The average molecular weight is 260 g/mol. The van der Waals surface area contributed by atoms with Crippen molar-refractivity contribution in [2.24, 2.45) is 0 Å². The number of benzene rings is 1. The Morgan fingerprint density at radius 3 is 2.05 bits per heavy atom. The molecule has 0 aliphatic heterocycles. The average Bonchev–Trinajstić information content (AvgIpc) is 2.47. The van der Waals surface area contributed by atoms with E-state index in [2.05, 4.69) is 19.1 Å². The van der Waals surface area contributed by atoms with Crippen molar-refractivity contribution < 1.29 is 4.79 Å². The molecule has 1 nitrogen and oxygen atoms in total. The molecule has 0 amide bonds. The highest BCUT2D eigenvalue weighted by atomic mass is 16.1. The summed E-state index contributed by atoms with van der Waals surface area (Å²) in [6.07, 6.45) is 12.7. The molecule has 0 saturated carbocycles. The van der Waals surface area contributed by atoms with Crippen LogP contribution in [0, 0.1) is 0 Å². The van der Waals surface area contributed by atoms with Gasteiger partial charge in [-0.25, -0.2) is 0 Å². The molecule has 0 aromatic heterocycles. The van der Waals surface area contributed by atoms with E-state index in [0.717, 1.165) is 12.7 Å². The summed E-state index contributed by atoms with van der Waals surface area (Å²) in [5.74, 6) is 0.0984. The topological polar surface area (TPSA) is 17.1 Å². The Hall–Kier alpha value is -1.11. The highest BCUT2D eigenvalue weighted by molar-refractivity contribution is 5.61. The van der Waals surface area contributed by atoms with Crippen molar-refractivity contribution in [3.8, 4) is 0 Å². The van der Waals surface area contributed by atoms with Crippen molar-refractivity contribution in [1.82, 2.24) is 0 Å². The SMILES string of the molecule is CCCCCCCCCCC(C=O)c1ccccc1. The monoisotopic (exact) mass is 260 g/mol. The zero-order valence-electron chi connectivity index (χ0n) is 12.3. The van der Waals surface area contributed by atoms with E-state index in [4.69, 9.17) is 0 Å². The van der Waals surface area contributed by atoms with Crippen LogP contribution in [0.1, 0.15) is 76.2 Å². The Bertz CT molecular complexity index is 318. The lowest BCUT2D eigenvalue weighted by Gasteiger charge is -2.10. The van der Waals surface area contributed by atoms with Gasteiger partial charge in [0, 0.05) is 5.92 Å². The van der Waals surface area contributed by atoms with E-state index in [1.165, 1.54) is 56.9 Å². The molecule has 106 valence electrons. The maximum atomic E-state index is 11.1. The Balaban J connectivity index is 2.09. The van der Waals surface area contributed by atoms with Gasteiger partial charge in [0.05, 0.1) is 0 Å². The van der Waals surface area contributed by atoms with E-state index in [1.807, 2.05) is 18.2 Å². The molecule has 1 aromatic rings. The molecule has 19 heavy (non-hydrogen) atoms. The van der Waals surface area contributed by atoms with Crippen LogP contribution in [0.3, 0.4) is 0 Å². The molecule has 0 radical (unpaired) electrons. The van der Waals surface area contributed by atoms with Crippen molar-refractivity contribution in [3.05, 3.63) is 35.9 Å². The van der Waals surface area contributed by atoms with Gasteiger partial charge in [0.1, 0.15) is 6.29 Å². The standard InChI is InChI=1S/C18H28O/c1-2-3-4-5-6-7-8-10-15-18(16-19)17-13-11-9-12-14-17/h9,11-14,16,18H,2-8,10,15H2,1H3. The predicted octanol–water partition coefficient (Wildman–Crippen LogP) is 5.50. The fourth-order valence-corrected chi connectivity index (χ4v) is 2.51. The first-order valence-electron chi connectivity index (χ1n) is 7.88. The molecule has 1 unspecified atom stereocenters. The number of carbonyl (C=O) groups excluding carboxylic acids is 1. The first kappa shape index (κ1) is 15.9. The molecule has 0 aliphatic rings. The van der Waals surface area contributed by atoms with Crippen LogP contribution in [-0.2, 0) is 4.79 Å². The summed E-state index contributed by atoms with van der Waals surface area (Å²) < 4.78 is 0. The van der Waals surface area contributed by atoms with Crippen molar-refractivity contribution in [1.29, 1.82) is 0 Å². The lowest BCUT2D eigenvalue weighted by Crippen LogP contribution is -2.00. The number of unbranched alkanes of at least 4 members (excludes halogenated alkanes) is 7. The lowest BCUT2D eigenvalue weighted by molar-refractivity contribution is -0.109. The van der Waals surface area contributed by atoms with E-state index >= 15 is 0 Å². The summed E-state index contributed by atoms with van der Waals surface area (Å²) in [5.41, 5.74) is 1.17. The molecule has 1 rings (SSSR count). The highest BCUT2D eigenvalue weighted by Gasteiger charge is 2.08. The molecule has 1 atom stereocenters. The largest absolute Gasteiger partial charge is 0.303 e. The second-order valence-corrected chi connectivity index (χ2v) is 5.42. The van der Waals surface area contributed by atoms with Crippen molar-refractivity contribution >= 4 is 6.29 Å². The van der Waals surface area contributed by atoms with Crippen LogP contribution in [-0.4, -0.2) is 6.29 Å². The zero-order chi connectivity index (χ0) is 13.8. The normalized spacial score (nSPS) is 12.3. The second kappa shape index (κ2) is 10.8. The molecule has 1 heteroatoms. The summed E-state index contributed by atoms with van der Waals surface area (Å²) in [6.45, 7) is 2.25. The van der Waals surface area contributed by atoms with Gasteiger partial charge >= 0.3 is 0 Å². The third kappa shape index (κ3) is 7.15. The van der Waals surface area contributed by atoms with Gasteiger partial charge in [-0.15, -0.1) is 0 Å². The number of rotatable bonds is 11. The molecule has 0 N–H and O–H groups in total. The molecule has 0 saturated heterocycles. The maximum absolute atomic E-state index is 11.1. The van der Waals surface area contributed by atoms with E-state index < -0.39 is 0 Å². The molecule has 1 aromatic carbocycles. The lowest BCUT2D eigenvalue weighted by atomic mass is 9.94. The van der Waals surface area contributed by atoms with E-state index in [-0.39, 0.29) is 5.92 Å². The Kier molecular flexibility index (Phi) is 9.05. The third-order valence-corrected chi connectivity index (χ3v) is 3.76. The minimum atomic E-state index is 0.0984. The van der Waals surface area contributed by atoms with Crippen molar-refractivity contribution in [2.45, 2.75) is 70.6 Å². The number of hydrogen-bond donors (Lipinski definition) is 0. The van der Waals surface area contributed by atoms with Crippen LogP contribution in [0.2, 0.25) is 0 Å². The van der Waals surface area contributed by atoms with Crippen LogP contribution in [0.5, 0.6) is 0 Å². The third-order valence-electron chi connectivity index (χ3n) is 3.76. The van der Waals surface area contributed by atoms with Crippen LogP contribution < -0.4 is 0 Å². The van der Waals surface area contributed by atoms with Gasteiger partial charge in [0.25, 0.3) is 0 Å². The first-order chi connectivity index (χ1) is 9.38. The van der Waals surface area contributed by atoms with Gasteiger partial charge in [0.15, 0.2) is 0 Å². The fourth-order valence-electron chi connectivity index (χ4n) is 2.51. The van der Waals surface area contributed by atoms with Crippen LogP contribution in [0.4, 0.5) is 0 Å². The molecule has 0 aliphatic carbocycles. The number of aldehydes is 1. The summed E-state index contributed by atoms with van der Waals surface area (Å²) >= 11 is 0. The zero-order valence-corrected chi connectivity index (χ0v) is 12.3. The Morgan fingerprint density at radius 1 is 0.895 bits per heavy atom. The Morgan fingerprint density at radius 2 is 1.47 bits per heavy atom. The van der Waals surface area contributed by atoms with Gasteiger partial charge in [-0.2, -0.15) is 0 Å². The molecular weight excluding hydrogens is 232 g/mol. The Labute approximate surface area is 118 Å². The minimum Gasteiger partial charge on any atom is -0.303 e. The summed E-state index contributed by atoms with van der Waals surface area (Å²) in [6, 6.07) is 10.1. The van der Waals surface area contributed by atoms with Crippen LogP contribution in [0.15, 0.2) is 30.3 Å². The van der Waals surface area contributed by atoms with Gasteiger partial charge in [0.2, 0.25) is 0 Å². The number of hydrogen-bond acceptors (Lipinski definition) is 1. The maximum Gasteiger partial charge on any atom is 0.127 e. The summed E-state index contributed by atoms with van der Waals surface area (Å²) in [7, 11) is 0. The molecular formula is C18H28O. The molecule has 0 fully saturated rings. The van der Waals surface area contributed by atoms with Gasteiger partial charge < -0.3 is 4.79 Å². The summed E-state index contributed by atoms with van der Waals surface area (Å²) in [4.78, 5) is 11.1. The number of carbonyl (C=O) groups is 1. The molecule has 0 heterocycles. The fraction of sp³-hybridized carbons (Fsp3) is 0.611. The highest BCUT2D eigenvalue weighted by Crippen LogP contribution is 2.20. The summed E-state index contributed by atoms with van der Waals surface area (Å²) in [5, 5.41) is 0. The second-order valence-electron chi connectivity index (χ2n) is 5.42. The van der Waals surface area contributed by atoms with Crippen LogP contribution >= 0.6 is 0 Å². The van der Waals surface area contributed by atoms with Crippen molar-refractivity contribution in [2.75, 3.05) is 0 Å². The minimum absolute atomic E-state index is 0.0984. The quantitative estimate of drug-likeness (QED) is 0.379. The smallest absolute Gasteiger partial charge is 0.127 e. The predicted molar refractivity (Wildman–Crippen MR) is 82.5 cm³/mol. The molecule has 0 spiro atoms. The van der Waals surface area contributed by atoms with Gasteiger partial charge in [-0.05, 0) is 12.0 Å².